The Hall–Kier alpha value is -3.12. The van der Waals surface area contributed by atoms with Gasteiger partial charge < -0.3 is 15.6 Å². The number of sulfonamides is 1. The molecular weight excluding hydrogens is 354 g/mol. The smallest absolute Gasteiger partial charge is 0.337 e. The summed E-state index contributed by atoms with van der Waals surface area (Å²) in [6.07, 6.45) is 0.977. The lowest BCUT2D eigenvalue weighted by atomic mass is 10.2. The fourth-order valence-corrected chi connectivity index (χ4v) is 3.33. The number of carboxylic acid groups (broad SMARTS) is 1. The molecule has 12 heteroatoms. The predicted molar refractivity (Wildman–Crippen MR) is 83.2 cm³/mol. The number of hydrogen-bond acceptors (Lipinski definition) is 8. The van der Waals surface area contributed by atoms with Crippen molar-refractivity contribution in [1.29, 1.82) is 0 Å². The van der Waals surface area contributed by atoms with Gasteiger partial charge in [-0.2, -0.15) is 9.97 Å². The Morgan fingerprint density at radius 2 is 1.96 bits per heavy atom. The Labute approximate surface area is 142 Å². The summed E-state index contributed by atoms with van der Waals surface area (Å²) in [4.78, 5) is 33.6. The molecule has 0 spiro atoms. The first-order chi connectivity index (χ1) is 11.8. The molecule has 1 aromatic carbocycles. The zero-order chi connectivity index (χ0) is 18.6. The number of carbonyl (C=O) groups is 2. The van der Waals surface area contributed by atoms with Crippen molar-refractivity contribution in [2.75, 3.05) is 11.4 Å². The maximum atomic E-state index is 12.8. The second-order valence-corrected chi connectivity index (χ2v) is 6.30. The molecule has 0 aliphatic heterocycles. The van der Waals surface area contributed by atoms with Crippen molar-refractivity contribution in [3.63, 3.8) is 0 Å². The Kier molecular flexibility index (Phi) is 5.24. The standard InChI is InChI=1S/C13H13N5O6S/c1-24-6-10-15-7-16-13(17-10)18(12(14)21)25(22,23)9-5-3-2-4-8(9)11(19)20/h2-5,7H,6H2,1H3,(H2,14,21)(H,19,20). The Morgan fingerprint density at radius 3 is 2.56 bits per heavy atom. The molecule has 0 aliphatic rings. The Balaban J connectivity index is 2.63. The third-order valence-electron chi connectivity index (χ3n) is 2.90. The van der Waals surface area contributed by atoms with Crippen LogP contribution in [-0.4, -0.2) is 47.6 Å². The average molecular weight is 367 g/mol. The minimum absolute atomic E-state index is 0.0560. The normalized spacial score (nSPS) is 11.1. The fourth-order valence-electron chi connectivity index (χ4n) is 1.91. The zero-order valence-electron chi connectivity index (χ0n) is 12.9. The third kappa shape index (κ3) is 3.70. The van der Waals surface area contributed by atoms with E-state index in [-0.39, 0.29) is 16.7 Å². The van der Waals surface area contributed by atoms with E-state index in [1.165, 1.54) is 19.2 Å². The highest BCUT2D eigenvalue weighted by Gasteiger charge is 2.35. The number of aromatic carboxylic acids is 1. The van der Waals surface area contributed by atoms with Gasteiger partial charge in [-0.1, -0.05) is 12.1 Å². The molecule has 0 saturated heterocycles. The van der Waals surface area contributed by atoms with E-state index in [1.807, 2.05) is 0 Å². The minimum atomic E-state index is -4.68. The summed E-state index contributed by atoms with van der Waals surface area (Å²) in [5.41, 5.74) is 4.64. The lowest BCUT2D eigenvalue weighted by Gasteiger charge is -2.19. The van der Waals surface area contributed by atoms with Crippen LogP contribution in [0.1, 0.15) is 16.2 Å². The van der Waals surface area contributed by atoms with E-state index in [4.69, 9.17) is 10.5 Å². The summed E-state index contributed by atoms with van der Waals surface area (Å²) in [5, 5.41) is 9.18. The van der Waals surface area contributed by atoms with Gasteiger partial charge in [-0.15, -0.1) is 4.31 Å². The van der Waals surface area contributed by atoms with Gasteiger partial charge in [0, 0.05) is 7.11 Å². The molecular formula is C13H13N5O6S. The van der Waals surface area contributed by atoms with Crippen LogP contribution in [-0.2, 0) is 21.4 Å². The number of carboxylic acids is 1. The minimum Gasteiger partial charge on any atom is -0.478 e. The number of amides is 2. The number of aromatic nitrogens is 3. The molecule has 0 fully saturated rings. The molecule has 2 rings (SSSR count). The number of nitrogens with zero attached hydrogens (tertiary/aromatic N) is 4. The molecule has 0 saturated carbocycles. The van der Waals surface area contributed by atoms with Crippen molar-refractivity contribution in [2.24, 2.45) is 5.73 Å². The number of hydrogen-bond donors (Lipinski definition) is 2. The largest absolute Gasteiger partial charge is 0.478 e. The monoisotopic (exact) mass is 367 g/mol. The van der Waals surface area contributed by atoms with E-state index in [9.17, 15) is 23.1 Å². The van der Waals surface area contributed by atoms with Crippen LogP contribution in [0.2, 0.25) is 0 Å². The molecule has 132 valence electrons. The highest BCUT2D eigenvalue weighted by molar-refractivity contribution is 7.93. The number of urea groups is 1. The topological polar surface area (TPSA) is 166 Å². The van der Waals surface area contributed by atoms with Crippen LogP contribution < -0.4 is 10.0 Å². The number of ether oxygens (including phenoxy) is 1. The maximum Gasteiger partial charge on any atom is 0.337 e. The maximum absolute atomic E-state index is 12.8. The molecule has 2 amide bonds. The average Bonchev–Trinajstić information content (AvgIpc) is 2.55. The van der Waals surface area contributed by atoms with Crippen LogP contribution in [0.4, 0.5) is 10.7 Å². The van der Waals surface area contributed by atoms with E-state index in [1.54, 1.807) is 0 Å². The van der Waals surface area contributed by atoms with Crippen molar-refractivity contribution in [3.8, 4) is 0 Å². The van der Waals surface area contributed by atoms with Crippen molar-refractivity contribution >= 4 is 28.0 Å². The number of rotatable bonds is 6. The van der Waals surface area contributed by atoms with E-state index in [2.05, 4.69) is 15.0 Å². The van der Waals surface area contributed by atoms with Gasteiger partial charge >= 0.3 is 12.0 Å². The molecule has 2 aromatic rings. The molecule has 3 N–H and O–H groups in total. The van der Waals surface area contributed by atoms with Crippen LogP contribution in [0, 0.1) is 0 Å². The molecule has 0 unspecified atom stereocenters. The number of primary amides is 1. The predicted octanol–water partition coefficient (Wildman–Crippen LogP) is -0.00980. The van der Waals surface area contributed by atoms with Crippen LogP contribution >= 0.6 is 0 Å². The number of methoxy groups -OCH3 is 1. The number of nitrogens with two attached hydrogens (primary N) is 1. The highest BCUT2D eigenvalue weighted by atomic mass is 32.2. The third-order valence-corrected chi connectivity index (χ3v) is 4.64. The first-order valence-electron chi connectivity index (χ1n) is 6.63. The number of carbonyl (C=O) groups excluding carboxylic acids is 1. The van der Waals surface area contributed by atoms with Gasteiger partial charge in [0.2, 0.25) is 0 Å². The van der Waals surface area contributed by atoms with E-state index in [0.29, 0.717) is 0 Å². The summed E-state index contributed by atoms with van der Waals surface area (Å²) >= 11 is 0. The molecule has 11 nitrogen and oxygen atoms in total. The van der Waals surface area contributed by atoms with Crippen LogP contribution in [0.15, 0.2) is 35.5 Å². The molecule has 25 heavy (non-hydrogen) atoms. The first kappa shape index (κ1) is 18.2. The molecule has 0 atom stereocenters. The molecule has 0 aliphatic carbocycles. The van der Waals surface area contributed by atoms with Gasteiger partial charge in [0.25, 0.3) is 16.0 Å². The van der Waals surface area contributed by atoms with Crippen LogP contribution in [0.5, 0.6) is 0 Å². The van der Waals surface area contributed by atoms with Gasteiger partial charge in [0.15, 0.2) is 5.82 Å². The van der Waals surface area contributed by atoms with E-state index >= 15 is 0 Å². The second-order valence-electron chi connectivity index (χ2n) is 4.54. The molecule has 1 aromatic heterocycles. The molecule has 0 bridgehead atoms. The van der Waals surface area contributed by atoms with Crippen LogP contribution in [0.3, 0.4) is 0 Å². The van der Waals surface area contributed by atoms with E-state index in [0.717, 1.165) is 18.5 Å². The fraction of sp³-hybridized carbons (Fsp3) is 0.154. The van der Waals surface area contributed by atoms with Crippen molar-refractivity contribution in [2.45, 2.75) is 11.5 Å². The highest BCUT2D eigenvalue weighted by Crippen LogP contribution is 2.23. The van der Waals surface area contributed by atoms with Gasteiger partial charge in [-0.05, 0) is 12.1 Å². The van der Waals surface area contributed by atoms with Gasteiger partial charge in [0.05, 0.1) is 5.56 Å². The van der Waals surface area contributed by atoms with Crippen molar-refractivity contribution in [1.82, 2.24) is 15.0 Å². The zero-order valence-corrected chi connectivity index (χ0v) is 13.7. The lowest BCUT2D eigenvalue weighted by molar-refractivity contribution is 0.0692. The molecule has 0 radical (unpaired) electrons. The van der Waals surface area contributed by atoms with Gasteiger partial charge in [-0.3, -0.25) is 0 Å². The molecule has 1 heterocycles. The van der Waals surface area contributed by atoms with Gasteiger partial charge in [0.1, 0.15) is 17.8 Å². The lowest BCUT2D eigenvalue weighted by Crippen LogP contribution is -2.42. The Morgan fingerprint density at radius 1 is 1.28 bits per heavy atom. The summed E-state index contributed by atoms with van der Waals surface area (Å²) in [5.74, 6) is -2.01. The van der Waals surface area contributed by atoms with Crippen molar-refractivity contribution in [3.05, 3.63) is 42.0 Å². The summed E-state index contributed by atoms with van der Waals surface area (Å²) in [6, 6.07) is 3.36. The van der Waals surface area contributed by atoms with Crippen molar-refractivity contribution < 1.29 is 27.9 Å². The second kappa shape index (κ2) is 7.19. The number of anilines is 1. The summed E-state index contributed by atoms with van der Waals surface area (Å²) < 4.78 is 30.5. The first-order valence-corrected chi connectivity index (χ1v) is 8.07. The van der Waals surface area contributed by atoms with Crippen LogP contribution in [0.25, 0.3) is 0 Å². The Bertz CT molecular complexity index is 917. The van der Waals surface area contributed by atoms with Gasteiger partial charge in [-0.25, -0.2) is 23.0 Å². The quantitative estimate of drug-likeness (QED) is 0.713. The summed E-state index contributed by atoms with van der Waals surface area (Å²) in [6.45, 7) is -0.0616. The SMILES string of the molecule is COCc1ncnc(N(C(N)=O)S(=O)(=O)c2ccccc2C(=O)O)n1. The summed E-state index contributed by atoms with van der Waals surface area (Å²) in [7, 11) is -3.31. The number of benzene rings is 1. The van der Waals surface area contributed by atoms with E-state index < -0.39 is 38.4 Å².